The highest BCUT2D eigenvalue weighted by Gasteiger charge is 2.21. The molecule has 0 spiro atoms. The van der Waals surface area contributed by atoms with Crippen LogP contribution in [0.2, 0.25) is 0 Å². The van der Waals surface area contributed by atoms with E-state index in [1.807, 2.05) is 43.9 Å². The van der Waals surface area contributed by atoms with Crippen LogP contribution in [0.15, 0.2) is 30.9 Å². The van der Waals surface area contributed by atoms with E-state index in [-0.39, 0.29) is 6.29 Å². The first-order chi connectivity index (χ1) is 16.7. The van der Waals surface area contributed by atoms with Crippen molar-refractivity contribution in [3.63, 3.8) is 0 Å². The smallest absolute Gasteiger partial charge is 0.420 e. The van der Waals surface area contributed by atoms with E-state index >= 15 is 0 Å². The van der Waals surface area contributed by atoms with E-state index in [1.54, 1.807) is 12.4 Å². The first-order valence-corrected chi connectivity index (χ1v) is 13.5. The van der Waals surface area contributed by atoms with Crippen molar-refractivity contribution in [2.45, 2.75) is 85.2 Å². The Kier molecular flexibility index (Phi) is 10.1. The topological polar surface area (TPSA) is 80.4 Å². The van der Waals surface area contributed by atoms with Crippen molar-refractivity contribution in [2.75, 3.05) is 13.2 Å². The second-order valence-electron chi connectivity index (χ2n) is 9.58. The van der Waals surface area contributed by atoms with Crippen LogP contribution in [0.1, 0.15) is 66.7 Å². The maximum Gasteiger partial charge on any atom is 0.420 e. The highest BCUT2D eigenvalue weighted by Crippen LogP contribution is 2.27. The van der Waals surface area contributed by atoms with Crippen molar-refractivity contribution in [1.29, 1.82) is 0 Å². The maximum absolute atomic E-state index is 12.5. The lowest BCUT2D eigenvalue weighted by molar-refractivity contribution is -0.163. The SMILES string of the molecule is CC(C)(C)OC(=O)n1cc(I)c2cc(-c3cnn(CCOC4CCCCO4)c3)cnc21.CCCC. The molecule has 0 radical (unpaired) electrons. The number of carbonyl (C=O) groups is 1. The van der Waals surface area contributed by atoms with Crippen molar-refractivity contribution in [3.8, 4) is 11.1 Å². The molecule has 0 saturated carbocycles. The first-order valence-electron chi connectivity index (χ1n) is 12.4. The van der Waals surface area contributed by atoms with Crippen LogP contribution in [0, 0.1) is 3.57 Å². The van der Waals surface area contributed by atoms with E-state index in [2.05, 4.69) is 46.5 Å². The van der Waals surface area contributed by atoms with Gasteiger partial charge in [-0.05, 0) is 68.7 Å². The largest absolute Gasteiger partial charge is 0.443 e. The minimum Gasteiger partial charge on any atom is -0.443 e. The standard InChI is InChI=1S/C22H27IN4O4.C4H10/c1-22(2,3)31-21(28)27-14-18(23)17-10-15(11-24-20(17)27)16-12-25-26(13-16)7-9-30-19-6-4-5-8-29-19;1-3-4-2/h10-14,19H,4-9H2,1-3H3;3-4H2,1-2H3. The number of nitrogens with zero attached hydrogens (tertiary/aromatic N) is 4. The van der Waals surface area contributed by atoms with Gasteiger partial charge in [-0.1, -0.05) is 26.7 Å². The fourth-order valence-corrected chi connectivity index (χ4v) is 4.11. The third-order valence-corrected chi connectivity index (χ3v) is 6.27. The zero-order valence-electron chi connectivity index (χ0n) is 21.4. The van der Waals surface area contributed by atoms with Gasteiger partial charge in [-0.15, -0.1) is 0 Å². The highest BCUT2D eigenvalue weighted by molar-refractivity contribution is 14.1. The van der Waals surface area contributed by atoms with Gasteiger partial charge >= 0.3 is 6.09 Å². The molecule has 4 heterocycles. The Morgan fingerprint density at radius 1 is 1.17 bits per heavy atom. The Morgan fingerprint density at radius 2 is 1.94 bits per heavy atom. The number of rotatable bonds is 6. The molecule has 0 aliphatic carbocycles. The lowest BCUT2D eigenvalue weighted by Crippen LogP contribution is -2.26. The van der Waals surface area contributed by atoms with E-state index in [0.29, 0.717) is 18.8 Å². The van der Waals surface area contributed by atoms with Crippen LogP contribution in [-0.2, 0) is 20.8 Å². The van der Waals surface area contributed by atoms with Crippen LogP contribution in [0.3, 0.4) is 0 Å². The minimum absolute atomic E-state index is 0.0912. The summed E-state index contributed by atoms with van der Waals surface area (Å²) < 4.78 is 21.1. The van der Waals surface area contributed by atoms with Crippen molar-refractivity contribution in [1.82, 2.24) is 19.3 Å². The number of hydrogen-bond acceptors (Lipinski definition) is 6. The van der Waals surface area contributed by atoms with Gasteiger partial charge in [0.15, 0.2) is 11.9 Å². The molecule has 1 saturated heterocycles. The van der Waals surface area contributed by atoms with E-state index in [9.17, 15) is 4.79 Å². The quantitative estimate of drug-likeness (QED) is 0.297. The number of fused-ring (bicyclic) bond motifs is 1. The Labute approximate surface area is 221 Å². The van der Waals surface area contributed by atoms with Gasteiger partial charge in [0.2, 0.25) is 0 Å². The van der Waals surface area contributed by atoms with Crippen LogP contribution in [0.5, 0.6) is 0 Å². The normalized spacial score (nSPS) is 16.1. The molecule has 8 nitrogen and oxygen atoms in total. The molecule has 1 aliphatic heterocycles. The summed E-state index contributed by atoms with van der Waals surface area (Å²) in [5, 5.41) is 5.34. The zero-order chi connectivity index (χ0) is 25.4. The molecule has 1 unspecified atom stereocenters. The molecule has 4 rings (SSSR count). The Bertz CT molecular complexity index is 1090. The summed E-state index contributed by atoms with van der Waals surface area (Å²) in [6.45, 7) is 11.9. The lowest BCUT2D eigenvalue weighted by Gasteiger charge is -2.22. The second kappa shape index (κ2) is 12.8. The summed E-state index contributed by atoms with van der Waals surface area (Å²) in [7, 11) is 0. The van der Waals surface area contributed by atoms with Gasteiger partial charge in [-0.2, -0.15) is 5.10 Å². The molecule has 192 valence electrons. The van der Waals surface area contributed by atoms with Crippen molar-refractivity contribution < 1.29 is 19.0 Å². The third-order valence-electron chi connectivity index (χ3n) is 5.41. The molecule has 0 aromatic carbocycles. The van der Waals surface area contributed by atoms with E-state index < -0.39 is 11.7 Å². The van der Waals surface area contributed by atoms with Gasteiger partial charge < -0.3 is 14.2 Å². The summed E-state index contributed by atoms with van der Waals surface area (Å²) in [6.07, 6.45) is 12.6. The maximum atomic E-state index is 12.5. The Morgan fingerprint density at radius 3 is 2.60 bits per heavy atom. The average molecular weight is 597 g/mol. The molecule has 1 aliphatic rings. The molecule has 1 atom stereocenters. The predicted molar refractivity (Wildman–Crippen MR) is 145 cm³/mol. The first kappa shape index (κ1) is 27.6. The highest BCUT2D eigenvalue weighted by atomic mass is 127. The summed E-state index contributed by atoms with van der Waals surface area (Å²) >= 11 is 2.21. The van der Waals surface area contributed by atoms with Crippen molar-refractivity contribution in [3.05, 3.63) is 34.4 Å². The molecule has 9 heteroatoms. The van der Waals surface area contributed by atoms with Gasteiger partial charge in [-0.25, -0.2) is 14.3 Å². The molecule has 3 aromatic heterocycles. The third kappa shape index (κ3) is 8.01. The lowest BCUT2D eigenvalue weighted by atomic mass is 10.1. The van der Waals surface area contributed by atoms with E-state index in [4.69, 9.17) is 14.2 Å². The van der Waals surface area contributed by atoms with E-state index in [1.165, 1.54) is 17.4 Å². The molecule has 0 bridgehead atoms. The number of hydrogen-bond donors (Lipinski definition) is 0. The summed E-state index contributed by atoms with van der Waals surface area (Å²) in [5.74, 6) is 0. The minimum atomic E-state index is -0.569. The number of unbranched alkanes of at least 4 members (excludes halogenated alkanes) is 1. The van der Waals surface area contributed by atoms with Crippen LogP contribution in [0.4, 0.5) is 4.79 Å². The van der Waals surface area contributed by atoms with Crippen LogP contribution < -0.4 is 0 Å². The van der Waals surface area contributed by atoms with Gasteiger partial charge in [0.25, 0.3) is 0 Å². The Hall–Kier alpha value is -1.98. The van der Waals surface area contributed by atoms with Crippen LogP contribution in [0.25, 0.3) is 22.2 Å². The molecule has 3 aromatic rings. The monoisotopic (exact) mass is 596 g/mol. The van der Waals surface area contributed by atoms with Gasteiger partial charge in [0.05, 0.1) is 19.3 Å². The fourth-order valence-electron chi connectivity index (χ4n) is 3.43. The van der Waals surface area contributed by atoms with Crippen molar-refractivity contribution in [2.24, 2.45) is 0 Å². The van der Waals surface area contributed by atoms with E-state index in [0.717, 1.165) is 46.0 Å². The molecular formula is C26H37IN4O4. The van der Waals surface area contributed by atoms with Crippen molar-refractivity contribution >= 4 is 39.7 Å². The summed E-state index contributed by atoms with van der Waals surface area (Å²) in [5.41, 5.74) is 1.91. The molecule has 0 amide bonds. The van der Waals surface area contributed by atoms with Gasteiger partial charge in [0, 0.05) is 45.3 Å². The molecule has 0 N–H and O–H groups in total. The molecular weight excluding hydrogens is 559 g/mol. The van der Waals surface area contributed by atoms with Crippen LogP contribution in [-0.4, -0.2) is 50.5 Å². The number of pyridine rings is 1. The number of ether oxygens (including phenoxy) is 3. The predicted octanol–water partition coefficient (Wildman–Crippen LogP) is 6.64. The fraction of sp³-hybridized carbons (Fsp3) is 0.577. The summed E-state index contributed by atoms with van der Waals surface area (Å²) in [4.78, 5) is 17.1. The number of carbonyl (C=O) groups excluding carboxylic acids is 1. The average Bonchev–Trinajstić information content (AvgIpc) is 3.43. The summed E-state index contributed by atoms with van der Waals surface area (Å²) in [6, 6.07) is 2.03. The van der Waals surface area contributed by atoms with Crippen LogP contribution >= 0.6 is 22.6 Å². The zero-order valence-corrected chi connectivity index (χ0v) is 23.6. The van der Waals surface area contributed by atoms with Gasteiger partial charge in [0.1, 0.15) is 5.60 Å². The molecule has 35 heavy (non-hydrogen) atoms. The number of aromatic nitrogens is 4. The Balaban J connectivity index is 0.000000795. The molecule has 1 fully saturated rings. The second-order valence-corrected chi connectivity index (χ2v) is 10.7. The number of halogens is 1. The van der Waals surface area contributed by atoms with Gasteiger partial charge in [-0.3, -0.25) is 4.68 Å².